The average Bonchev–Trinajstić information content (AvgIpc) is 2.46. The molecule has 2 atom stereocenters. The summed E-state index contributed by atoms with van der Waals surface area (Å²) in [7, 11) is 0. The number of hydrogen-bond donors (Lipinski definition) is 1. The van der Waals surface area contributed by atoms with Crippen LogP contribution in [0, 0.1) is 0 Å². The first-order chi connectivity index (χ1) is 9.24. The Morgan fingerprint density at radius 1 is 1.53 bits per heavy atom. The molecule has 0 amide bonds. The maximum absolute atomic E-state index is 5.68. The van der Waals surface area contributed by atoms with Crippen molar-refractivity contribution in [3.8, 4) is 5.88 Å². The molecule has 0 spiro atoms. The van der Waals surface area contributed by atoms with Gasteiger partial charge in [0.25, 0.3) is 0 Å². The molecule has 1 aromatic heterocycles. The highest BCUT2D eigenvalue weighted by Gasteiger charge is 2.26. The molecule has 0 aliphatic carbocycles. The fourth-order valence-electron chi connectivity index (χ4n) is 2.05. The summed E-state index contributed by atoms with van der Waals surface area (Å²) in [5.74, 6) is 1.49. The van der Waals surface area contributed by atoms with E-state index in [0.29, 0.717) is 25.6 Å². The Morgan fingerprint density at radius 3 is 3.11 bits per heavy atom. The van der Waals surface area contributed by atoms with Crippen LogP contribution in [0.3, 0.4) is 0 Å². The summed E-state index contributed by atoms with van der Waals surface area (Å²) in [6.45, 7) is 6.78. The van der Waals surface area contributed by atoms with Crippen molar-refractivity contribution in [2.45, 2.75) is 32.4 Å². The molecule has 1 aliphatic heterocycles. The van der Waals surface area contributed by atoms with Crippen molar-refractivity contribution in [2.75, 3.05) is 31.2 Å². The lowest BCUT2D eigenvalue weighted by molar-refractivity contribution is 0.0279. The average molecular weight is 266 g/mol. The predicted molar refractivity (Wildman–Crippen MR) is 73.4 cm³/mol. The number of ether oxygens (including phenoxy) is 2. The molecule has 0 radical (unpaired) electrons. The molecule has 106 valence electrons. The van der Waals surface area contributed by atoms with E-state index in [-0.39, 0.29) is 12.1 Å². The topological polar surface area (TPSA) is 73.5 Å². The summed E-state index contributed by atoms with van der Waals surface area (Å²) in [6.07, 6.45) is 2.56. The van der Waals surface area contributed by atoms with Gasteiger partial charge in [-0.15, -0.1) is 0 Å². The van der Waals surface area contributed by atoms with Gasteiger partial charge in [-0.3, -0.25) is 0 Å². The highest BCUT2D eigenvalue weighted by atomic mass is 16.5. The van der Waals surface area contributed by atoms with E-state index in [4.69, 9.17) is 15.2 Å². The molecular formula is C13H22N4O2. The Hall–Kier alpha value is -1.40. The van der Waals surface area contributed by atoms with Gasteiger partial charge >= 0.3 is 0 Å². The zero-order chi connectivity index (χ0) is 13.7. The molecule has 2 heterocycles. The zero-order valence-electron chi connectivity index (χ0n) is 11.6. The number of rotatable bonds is 5. The third kappa shape index (κ3) is 3.54. The largest absolute Gasteiger partial charge is 0.478 e. The van der Waals surface area contributed by atoms with Gasteiger partial charge in [0, 0.05) is 19.2 Å². The van der Waals surface area contributed by atoms with Crippen LogP contribution in [0.25, 0.3) is 0 Å². The van der Waals surface area contributed by atoms with Crippen molar-refractivity contribution in [1.29, 1.82) is 0 Å². The molecule has 2 unspecified atom stereocenters. The normalized spacial score (nSPS) is 23.4. The third-order valence-electron chi connectivity index (χ3n) is 3.14. The minimum atomic E-state index is 0.0613. The smallest absolute Gasteiger partial charge is 0.218 e. The van der Waals surface area contributed by atoms with E-state index in [0.717, 1.165) is 18.8 Å². The number of morpholine rings is 1. The van der Waals surface area contributed by atoms with Crippen LogP contribution in [0.4, 0.5) is 5.82 Å². The third-order valence-corrected chi connectivity index (χ3v) is 3.14. The predicted octanol–water partition coefficient (Wildman–Crippen LogP) is 0.818. The van der Waals surface area contributed by atoms with Crippen molar-refractivity contribution in [1.82, 2.24) is 9.97 Å². The SMILES string of the molecule is CCCOc1cc(N2CC(CN)OCC2C)ncn1. The summed E-state index contributed by atoms with van der Waals surface area (Å²) >= 11 is 0. The highest BCUT2D eigenvalue weighted by molar-refractivity contribution is 5.42. The molecule has 6 heteroatoms. The van der Waals surface area contributed by atoms with Gasteiger partial charge < -0.3 is 20.1 Å². The van der Waals surface area contributed by atoms with E-state index in [9.17, 15) is 0 Å². The zero-order valence-corrected chi connectivity index (χ0v) is 11.6. The second kappa shape index (κ2) is 6.68. The summed E-state index contributed by atoms with van der Waals surface area (Å²) in [5.41, 5.74) is 5.68. The number of anilines is 1. The van der Waals surface area contributed by atoms with Gasteiger partial charge in [-0.2, -0.15) is 0 Å². The molecule has 0 aromatic carbocycles. The lowest BCUT2D eigenvalue weighted by Gasteiger charge is -2.38. The Balaban J connectivity index is 2.10. The molecular weight excluding hydrogens is 244 g/mol. The van der Waals surface area contributed by atoms with Crippen LogP contribution in [0.1, 0.15) is 20.3 Å². The molecule has 1 fully saturated rings. The number of hydrogen-bond acceptors (Lipinski definition) is 6. The van der Waals surface area contributed by atoms with Crippen LogP contribution in [0.15, 0.2) is 12.4 Å². The molecule has 0 saturated carbocycles. The maximum Gasteiger partial charge on any atom is 0.218 e. The summed E-state index contributed by atoms with van der Waals surface area (Å²) < 4.78 is 11.2. The van der Waals surface area contributed by atoms with Crippen molar-refractivity contribution in [3.05, 3.63) is 12.4 Å². The molecule has 6 nitrogen and oxygen atoms in total. The van der Waals surface area contributed by atoms with Gasteiger partial charge in [0.2, 0.25) is 5.88 Å². The quantitative estimate of drug-likeness (QED) is 0.850. The van der Waals surface area contributed by atoms with E-state index < -0.39 is 0 Å². The molecule has 1 aromatic rings. The number of nitrogens with zero attached hydrogens (tertiary/aromatic N) is 3. The Bertz CT molecular complexity index is 402. The highest BCUT2D eigenvalue weighted by Crippen LogP contribution is 2.21. The lowest BCUT2D eigenvalue weighted by atomic mass is 10.2. The van der Waals surface area contributed by atoms with Crippen LogP contribution in [0.2, 0.25) is 0 Å². The monoisotopic (exact) mass is 266 g/mol. The summed E-state index contributed by atoms with van der Waals surface area (Å²) in [6, 6.07) is 2.15. The summed E-state index contributed by atoms with van der Waals surface area (Å²) in [5, 5.41) is 0. The van der Waals surface area contributed by atoms with Crippen molar-refractivity contribution in [3.63, 3.8) is 0 Å². The fraction of sp³-hybridized carbons (Fsp3) is 0.692. The second-order valence-electron chi connectivity index (χ2n) is 4.76. The first-order valence-corrected chi connectivity index (χ1v) is 6.77. The molecule has 2 rings (SSSR count). The molecule has 0 bridgehead atoms. The van der Waals surface area contributed by atoms with Gasteiger partial charge in [0.05, 0.1) is 25.4 Å². The standard InChI is InChI=1S/C13H22N4O2/c1-3-4-18-13-5-12(15-9-16-13)17-7-11(6-14)19-8-10(17)2/h5,9-11H,3-4,6-8,14H2,1-2H3. The first kappa shape index (κ1) is 14.0. The fourth-order valence-corrected chi connectivity index (χ4v) is 2.05. The second-order valence-corrected chi connectivity index (χ2v) is 4.76. The number of nitrogens with two attached hydrogens (primary N) is 1. The Kier molecular flexibility index (Phi) is 4.93. The van der Waals surface area contributed by atoms with E-state index >= 15 is 0 Å². The van der Waals surface area contributed by atoms with Crippen molar-refractivity contribution in [2.24, 2.45) is 5.73 Å². The van der Waals surface area contributed by atoms with Gasteiger partial charge in [0.1, 0.15) is 12.1 Å². The van der Waals surface area contributed by atoms with Crippen LogP contribution in [0.5, 0.6) is 5.88 Å². The number of aromatic nitrogens is 2. The van der Waals surface area contributed by atoms with Crippen molar-refractivity contribution >= 4 is 5.82 Å². The van der Waals surface area contributed by atoms with E-state index in [1.165, 1.54) is 0 Å². The molecule has 1 saturated heterocycles. The first-order valence-electron chi connectivity index (χ1n) is 6.77. The van der Waals surface area contributed by atoms with Gasteiger partial charge in [0.15, 0.2) is 0 Å². The van der Waals surface area contributed by atoms with Gasteiger partial charge in [-0.05, 0) is 13.3 Å². The molecule has 19 heavy (non-hydrogen) atoms. The minimum Gasteiger partial charge on any atom is -0.478 e. The Morgan fingerprint density at radius 2 is 2.37 bits per heavy atom. The molecule has 2 N–H and O–H groups in total. The van der Waals surface area contributed by atoms with Gasteiger partial charge in [-0.1, -0.05) is 6.92 Å². The van der Waals surface area contributed by atoms with Crippen molar-refractivity contribution < 1.29 is 9.47 Å². The van der Waals surface area contributed by atoms with Crippen LogP contribution in [-0.4, -0.2) is 48.4 Å². The van der Waals surface area contributed by atoms with E-state index in [2.05, 4.69) is 28.7 Å². The maximum atomic E-state index is 5.68. The molecule has 1 aliphatic rings. The summed E-state index contributed by atoms with van der Waals surface area (Å²) in [4.78, 5) is 10.6. The minimum absolute atomic E-state index is 0.0613. The van der Waals surface area contributed by atoms with E-state index in [1.54, 1.807) is 6.33 Å². The van der Waals surface area contributed by atoms with Gasteiger partial charge in [-0.25, -0.2) is 9.97 Å². The van der Waals surface area contributed by atoms with Crippen LogP contribution < -0.4 is 15.4 Å². The van der Waals surface area contributed by atoms with Crippen LogP contribution >= 0.6 is 0 Å². The van der Waals surface area contributed by atoms with E-state index in [1.807, 2.05) is 6.07 Å². The van der Waals surface area contributed by atoms with Crippen LogP contribution in [-0.2, 0) is 4.74 Å². The Labute approximate surface area is 113 Å². The lowest BCUT2D eigenvalue weighted by Crippen LogP contribution is -2.51.